The number of aromatic nitrogens is 1. The zero-order valence-corrected chi connectivity index (χ0v) is 16.5. The molecule has 0 aliphatic heterocycles. The number of thiazole rings is 1. The molecule has 0 amide bonds. The van der Waals surface area contributed by atoms with Crippen LogP contribution in [0.5, 0.6) is 0 Å². The zero-order valence-electron chi connectivity index (χ0n) is 12.5. The predicted molar refractivity (Wildman–Crippen MR) is 98.2 cm³/mol. The van der Waals surface area contributed by atoms with Crippen LogP contribution in [0.1, 0.15) is 40.5 Å². The molecule has 2 rings (SSSR count). The van der Waals surface area contributed by atoms with Crippen molar-refractivity contribution in [3.63, 3.8) is 0 Å². The lowest BCUT2D eigenvalue weighted by molar-refractivity contribution is 0.526. The summed E-state index contributed by atoms with van der Waals surface area (Å²) in [6.07, 6.45) is 2.05. The first-order valence-electron chi connectivity index (χ1n) is 7.12. The van der Waals surface area contributed by atoms with Gasteiger partial charge in [0, 0.05) is 26.3 Å². The summed E-state index contributed by atoms with van der Waals surface area (Å²) >= 11 is 9.05. The van der Waals surface area contributed by atoms with E-state index < -0.39 is 0 Å². The average Bonchev–Trinajstić information content (AvgIpc) is 2.76. The average molecular weight is 432 g/mol. The van der Waals surface area contributed by atoms with E-state index in [0.29, 0.717) is 0 Å². The van der Waals surface area contributed by atoms with Crippen LogP contribution < -0.4 is 5.32 Å². The van der Waals surface area contributed by atoms with Crippen LogP contribution >= 0.6 is 43.2 Å². The maximum Gasteiger partial charge on any atom is 0.0949 e. The Morgan fingerprint density at radius 3 is 2.67 bits per heavy atom. The molecule has 2 aromatic rings. The molecule has 1 unspecified atom stereocenters. The quantitative estimate of drug-likeness (QED) is 0.646. The standard InChI is InChI=1S/C16H20Br2N2S/c1-4-7-19-15(9-16-20-10(2)11(3)21-16)13-8-12(17)5-6-14(13)18/h5-6,8,15,19H,4,7,9H2,1-3H3. The smallest absolute Gasteiger partial charge is 0.0949 e. The van der Waals surface area contributed by atoms with Crippen LogP contribution in [0.25, 0.3) is 0 Å². The van der Waals surface area contributed by atoms with Gasteiger partial charge in [-0.3, -0.25) is 0 Å². The Hall–Kier alpha value is -0.230. The molecule has 0 fully saturated rings. The Labute approximate surface area is 147 Å². The summed E-state index contributed by atoms with van der Waals surface area (Å²) in [4.78, 5) is 6.00. The number of nitrogens with zero attached hydrogens (tertiary/aromatic N) is 1. The molecule has 0 saturated heterocycles. The maximum atomic E-state index is 4.69. The second-order valence-corrected chi connectivity index (χ2v) is 8.18. The fraction of sp³-hybridized carbons (Fsp3) is 0.438. The summed E-state index contributed by atoms with van der Waals surface area (Å²) in [5, 5.41) is 4.85. The molecule has 0 radical (unpaired) electrons. The molecule has 114 valence electrons. The van der Waals surface area contributed by atoms with E-state index in [2.05, 4.69) is 81.1 Å². The number of rotatable bonds is 6. The molecule has 1 aromatic heterocycles. The summed E-state index contributed by atoms with van der Waals surface area (Å²) in [5.41, 5.74) is 2.43. The van der Waals surface area contributed by atoms with Gasteiger partial charge in [0.15, 0.2) is 0 Å². The van der Waals surface area contributed by atoms with Crippen molar-refractivity contribution in [3.05, 3.63) is 48.3 Å². The van der Waals surface area contributed by atoms with Crippen LogP contribution in [0.15, 0.2) is 27.1 Å². The Bertz CT molecular complexity index is 591. The molecule has 0 aliphatic carbocycles. The lowest BCUT2D eigenvalue weighted by Gasteiger charge is -2.19. The van der Waals surface area contributed by atoms with Gasteiger partial charge in [0.05, 0.1) is 10.7 Å². The monoisotopic (exact) mass is 430 g/mol. The molecule has 2 nitrogen and oxygen atoms in total. The van der Waals surface area contributed by atoms with E-state index in [4.69, 9.17) is 0 Å². The van der Waals surface area contributed by atoms with Crippen molar-refractivity contribution in [3.8, 4) is 0 Å². The molecule has 5 heteroatoms. The van der Waals surface area contributed by atoms with Gasteiger partial charge in [-0.25, -0.2) is 4.98 Å². The Kier molecular flexibility index (Phi) is 6.41. The van der Waals surface area contributed by atoms with Gasteiger partial charge in [0.25, 0.3) is 0 Å². The third-order valence-corrected chi connectivity index (χ3v) is 5.74. The maximum absolute atomic E-state index is 4.69. The van der Waals surface area contributed by atoms with Crippen molar-refractivity contribution in [1.29, 1.82) is 0 Å². The molecule has 1 N–H and O–H groups in total. The summed E-state index contributed by atoms with van der Waals surface area (Å²) in [5.74, 6) is 0. The Morgan fingerprint density at radius 2 is 2.05 bits per heavy atom. The minimum absolute atomic E-state index is 0.279. The van der Waals surface area contributed by atoms with Crippen molar-refractivity contribution in [2.45, 2.75) is 39.7 Å². The predicted octanol–water partition coefficient (Wildman–Crippen LogP) is 5.57. The Morgan fingerprint density at radius 1 is 1.29 bits per heavy atom. The summed E-state index contributed by atoms with van der Waals surface area (Å²) in [6, 6.07) is 6.62. The van der Waals surface area contributed by atoms with E-state index in [-0.39, 0.29) is 6.04 Å². The van der Waals surface area contributed by atoms with Crippen LogP contribution in [0.3, 0.4) is 0 Å². The van der Waals surface area contributed by atoms with Crippen molar-refractivity contribution >= 4 is 43.2 Å². The van der Waals surface area contributed by atoms with E-state index in [1.165, 1.54) is 15.4 Å². The third kappa shape index (κ3) is 4.62. The van der Waals surface area contributed by atoms with E-state index in [9.17, 15) is 0 Å². The lowest BCUT2D eigenvalue weighted by Crippen LogP contribution is -2.24. The molecule has 1 heterocycles. The highest BCUT2D eigenvalue weighted by Gasteiger charge is 2.17. The van der Waals surface area contributed by atoms with Crippen LogP contribution in [0, 0.1) is 13.8 Å². The van der Waals surface area contributed by atoms with E-state index >= 15 is 0 Å². The number of halogens is 2. The van der Waals surface area contributed by atoms with Gasteiger partial charge < -0.3 is 5.32 Å². The number of benzene rings is 1. The first-order valence-corrected chi connectivity index (χ1v) is 9.52. The van der Waals surface area contributed by atoms with E-state index in [1.807, 2.05) is 0 Å². The topological polar surface area (TPSA) is 24.9 Å². The molecule has 0 spiro atoms. The van der Waals surface area contributed by atoms with Gasteiger partial charge in [0.2, 0.25) is 0 Å². The van der Waals surface area contributed by atoms with Gasteiger partial charge >= 0.3 is 0 Å². The van der Waals surface area contributed by atoms with Gasteiger partial charge in [0.1, 0.15) is 0 Å². The van der Waals surface area contributed by atoms with E-state index in [0.717, 1.165) is 34.0 Å². The van der Waals surface area contributed by atoms with Gasteiger partial charge in [-0.1, -0.05) is 38.8 Å². The van der Waals surface area contributed by atoms with Crippen molar-refractivity contribution < 1.29 is 0 Å². The number of aryl methyl sites for hydroxylation is 2. The number of hydrogen-bond acceptors (Lipinski definition) is 3. The zero-order chi connectivity index (χ0) is 15.4. The van der Waals surface area contributed by atoms with Crippen LogP contribution in [0.4, 0.5) is 0 Å². The molecule has 0 bridgehead atoms. The van der Waals surface area contributed by atoms with Gasteiger partial charge in [-0.2, -0.15) is 0 Å². The molecule has 1 aromatic carbocycles. The molecule has 21 heavy (non-hydrogen) atoms. The third-order valence-electron chi connectivity index (χ3n) is 3.43. The van der Waals surface area contributed by atoms with Crippen LogP contribution in [-0.2, 0) is 6.42 Å². The normalized spacial score (nSPS) is 12.6. The SMILES string of the molecule is CCCNC(Cc1nc(C)c(C)s1)c1cc(Br)ccc1Br. The summed E-state index contributed by atoms with van der Waals surface area (Å²) in [6.45, 7) is 7.42. The molecular weight excluding hydrogens is 412 g/mol. The second-order valence-electron chi connectivity index (χ2n) is 5.13. The van der Waals surface area contributed by atoms with Gasteiger partial charge in [-0.15, -0.1) is 11.3 Å². The summed E-state index contributed by atoms with van der Waals surface area (Å²) in [7, 11) is 0. The molecule has 0 saturated carbocycles. The Balaban J connectivity index is 2.27. The molecule has 1 atom stereocenters. The highest BCUT2D eigenvalue weighted by molar-refractivity contribution is 9.11. The minimum Gasteiger partial charge on any atom is -0.310 e. The van der Waals surface area contributed by atoms with Crippen molar-refractivity contribution in [1.82, 2.24) is 10.3 Å². The molecular formula is C16H20Br2N2S. The summed E-state index contributed by atoms with van der Waals surface area (Å²) < 4.78 is 2.25. The fourth-order valence-electron chi connectivity index (χ4n) is 2.19. The van der Waals surface area contributed by atoms with Crippen LogP contribution in [-0.4, -0.2) is 11.5 Å². The van der Waals surface area contributed by atoms with Crippen molar-refractivity contribution in [2.24, 2.45) is 0 Å². The first-order chi connectivity index (χ1) is 10.0. The van der Waals surface area contributed by atoms with Crippen molar-refractivity contribution in [2.75, 3.05) is 6.54 Å². The highest BCUT2D eigenvalue weighted by Crippen LogP contribution is 2.30. The van der Waals surface area contributed by atoms with Crippen LogP contribution in [0.2, 0.25) is 0 Å². The van der Waals surface area contributed by atoms with E-state index in [1.54, 1.807) is 11.3 Å². The first kappa shape index (κ1) is 17.1. The lowest BCUT2D eigenvalue weighted by atomic mass is 10.0. The second kappa shape index (κ2) is 7.86. The van der Waals surface area contributed by atoms with Gasteiger partial charge in [-0.05, 0) is 50.6 Å². The fourth-order valence-corrected chi connectivity index (χ4v) is 4.07. The number of nitrogens with one attached hydrogen (secondary N) is 1. The highest BCUT2D eigenvalue weighted by atomic mass is 79.9. The number of hydrogen-bond donors (Lipinski definition) is 1. The molecule has 0 aliphatic rings. The minimum atomic E-state index is 0.279. The largest absolute Gasteiger partial charge is 0.310 e.